The first-order valence-corrected chi connectivity index (χ1v) is 11.9. The zero-order valence-electron chi connectivity index (χ0n) is 18.1. The Bertz CT molecular complexity index is 850. The van der Waals surface area contributed by atoms with E-state index in [4.69, 9.17) is 9.29 Å². The van der Waals surface area contributed by atoms with Gasteiger partial charge in [0.25, 0.3) is 10.1 Å². The summed E-state index contributed by atoms with van der Waals surface area (Å²) in [5.41, 5.74) is 1.01. The molecular formula is C23H31KO5S. The molecule has 2 aromatic rings. The van der Waals surface area contributed by atoms with Crippen molar-refractivity contribution in [3.63, 3.8) is 0 Å². The predicted molar refractivity (Wildman–Crippen MR) is 113 cm³/mol. The molecule has 160 valence electrons. The fourth-order valence-electron chi connectivity index (χ4n) is 3.24. The zero-order valence-corrected chi connectivity index (χ0v) is 22.0. The normalized spacial score (nSPS) is 11.1. The summed E-state index contributed by atoms with van der Waals surface area (Å²) in [6.07, 6.45) is 12.3. The van der Waals surface area contributed by atoms with Gasteiger partial charge < -0.3 is 9.84 Å². The van der Waals surface area contributed by atoms with Gasteiger partial charge in [0.15, 0.2) is 0 Å². The molecule has 0 saturated heterocycles. The summed E-state index contributed by atoms with van der Waals surface area (Å²) in [5, 5.41) is 12.3. The van der Waals surface area contributed by atoms with Gasteiger partial charge in [0.1, 0.15) is 11.5 Å². The second-order valence-corrected chi connectivity index (χ2v) is 8.83. The van der Waals surface area contributed by atoms with Crippen molar-refractivity contribution in [3.05, 3.63) is 48.0 Å². The van der Waals surface area contributed by atoms with Crippen LogP contribution >= 0.6 is 0 Å². The van der Waals surface area contributed by atoms with Crippen molar-refractivity contribution >= 4 is 10.1 Å². The first-order valence-electron chi connectivity index (χ1n) is 10.5. The van der Waals surface area contributed by atoms with Crippen LogP contribution in [0.2, 0.25) is 0 Å². The predicted octanol–water partition coefficient (Wildman–Crippen LogP) is 2.88. The van der Waals surface area contributed by atoms with Gasteiger partial charge in [-0.1, -0.05) is 76.2 Å². The van der Waals surface area contributed by atoms with Gasteiger partial charge in [-0.15, -0.1) is 0 Å². The van der Waals surface area contributed by atoms with Crippen LogP contribution in [-0.4, -0.2) is 13.0 Å². The number of hydrogen-bond donors (Lipinski definition) is 1. The average Bonchev–Trinajstić information content (AvgIpc) is 2.68. The number of benzene rings is 2. The van der Waals surface area contributed by atoms with Crippen molar-refractivity contribution < 1.29 is 74.2 Å². The number of rotatable bonds is 13. The molecule has 30 heavy (non-hydrogen) atoms. The summed E-state index contributed by atoms with van der Waals surface area (Å²) in [6.45, 7) is 2.23. The maximum Gasteiger partial charge on any atom is 1.00 e. The van der Waals surface area contributed by atoms with E-state index in [2.05, 4.69) is 6.92 Å². The molecule has 0 aromatic heterocycles. The second kappa shape index (κ2) is 14.6. The Balaban J connectivity index is 0.00000450. The fourth-order valence-corrected chi connectivity index (χ4v) is 3.72. The third kappa shape index (κ3) is 10.3. The van der Waals surface area contributed by atoms with Crippen LogP contribution in [0.25, 0.3) is 0 Å². The van der Waals surface area contributed by atoms with Crippen LogP contribution < -0.4 is 61.2 Å². The molecule has 0 bridgehead atoms. The van der Waals surface area contributed by atoms with E-state index in [1.165, 1.54) is 75.6 Å². The van der Waals surface area contributed by atoms with E-state index in [9.17, 15) is 13.5 Å². The van der Waals surface area contributed by atoms with E-state index >= 15 is 0 Å². The van der Waals surface area contributed by atoms with E-state index in [0.717, 1.165) is 18.4 Å². The minimum atomic E-state index is -4.24. The van der Waals surface area contributed by atoms with E-state index in [0.29, 0.717) is 5.75 Å². The van der Waals surface area contributed by atoms with Crippen molar-refractivity contribution in [1.29, 1.82) is 0 Å². The van der Waals surface area contributed by atoms with Gasteiger partial charge in [0, 0.05) is 0 Å². The Hall–Kier alpha value is -0.414. The van der Waals surface area contributed by atoms with Crippen molar-refractivity contribution in [1.82, 2.24) is 0 Å². The molecule has 1 N–H and O–H groups in total. The molecule has 2 aromatic carbocycles. The Morgan fingerprint density at radius 1 is 0.867 bits per heavy atom. The standard InChI is InChI=1S/C23H32O5S.K/c1-2-3-4-5-6-7-8-9-10-11-19-12-17-23(22(24)18-19)28-20-13-15-21(16-14-20)29(25,26)27;/h12-18,24H,2-11H2,1H3,(H,25,26,27);/q;+1/p-1. The Morgan fingerprint density at radius 3 is 1.97 bits per heavy atom. The summed E-state index contributed by atoms with van der Waals surface area (Å²) in [7, 11) is -4.24. The molecule has 0 saturated carbocycles. The van der Waals surface area contributed by atoms with Gasteiger partial charge in [-0.25, -0.2) is 0 Å². The van der Waals surface area contributed by atoms with Crippen LogP contribution in [0.4, 0.5) is 0 Å². The third-order valence-corrected chi connectivity index (χ3v) is 5.79. The molecule has 2 rings (SSSR count). The van der Waals surface area contributed by atoms with E-state index < -0.39 is 10.1 Å². The molecule has 0 aliphatic heterocycles. The topological polar surface area (TPSA) is 86.7 Å². The molecule has 7 heteroatoms. The molecular weight excluding hydrogens is 427 g/mol. The molecule has 0 atom stereocenters. The van der Waals surface area contributed by atoms with Crippen LogP contribution in [0.5, 0.6) is 17.2 Å². The molecule has 0 aliphatic rings. The van der Waals surface area contributed by atoms with Gasteiger partial charge >= 0.3 is 51.4 Å². The summed E-state index contributed by atoms with van der Waals surface area (Å²) in [5.74, 6) is 0.332. The van der Waals surface area contributed by atoms with Crippen LogP contribution in [0.3, 0.4) is 0 Å². The van der Waals surface area contributed by atoms with E-state index in [1.807, 2.05) is 6.07 Å². The Labute approximate surface area is 223 Å². The summed E-state index contributed by atoms with van der Waals surface area (Å²) >= 11 is 0. The minimum absolute atomic E-state index is 0. The van der Waals surface area contributed by atoms with Crippen LogP contribution in [0.1, 0.15) is 70.3 Å². The Kier molecular flexibility index (Phi) is 13.5. The number of ether oxygens (including phenoxy) is 1. The molecule has 0 heterocycles. The number of aryl methyl sites for hydroxylation is 1. The van der Waals surface area contributed by atoms with E-state index in [-0.39, 0.29) is 67.8 Å². The molecule has 0 spiro atoms. The summed E-state index contributed by atoms with van der Waals surface area (Å²) in [4.78, 5) is -0.219. The molecule has 0 radical (unpaired) electrons. The SMILES string of the molecule is CCCCCCCCCCCc1ccc(Oc2ccc(S(=O)(=O)O)cc2)c([O-])c1.[K+]. The maximum absolute atomic E-state index is 12.3. The van der Waals surface area contributed by atoms with Gasteiger partial charge in [-0.3, -0.25) is 4.55 Å². The monoisotopic (exact) mass is 458 g/mol. The fraction of sp³-hybridized carbons (Fsp3) is 0.478. The Morgan fingerprint density at radius 2 is 1.43 bits per heavy atom. The molecule has 5 nitrogen and oxygen atoms in total. The van der Waals surface area contributed by atoms with Crippen molar-refractivity contribution in [2.45, 2.75) is 76.0 Å². The maximum atomic E-state index is 12.3. The van der Waals surface area contributed by atoms with Crippen LogP contribution in [0.15, 0.2) is 47.4 Å². The largest absolute Gasteiger partial charge is 1.00 e. The van der Waals surface area contributed by atoms with Gasteiger partial charge in [-0.05, 0) is 48.7 Å². The number of hydrogen-bond acceptors (Lipinski definition) is 4. The minimum Gasteiger partial charge on any atom is -0.870 e. The van der Waals surface area contributed by atoms with Crippen molar-refractivity contribution in [2.24, 2.45) is 0 Å². The van der Waals surface area contributed by atoms with Gasteiger partial charge in [-0.2, -0.15) is 8.42 Å². The average molecular weight is 459 g/mol. The van der Waals surface area contributed by atoms with Gasteiger partial charge in [0.05, 0.1) is 4.90 Å². The third-order valence-electron chi connectivity index (χ3n) is 4.93. The molecule has 0 unspecified atom stereocenters. The first-order chi connectivity index (χ1) is 13.9. The van der Waals surface area contributed by atoms with Crippen molar-refractivity contribution in [2.75, 3.05) is 0 Å². The van der Waals surface area contributed by atoms with Crippen LogP contribution in [-0.2, 0) is 16.5 Å². The quantitative estimate of drug-likeness (QED) is 0.283. The molecule has 0 amide bonds. The first kappa shape index (κ1) is 27.6. The van der Waals surface area contributed by atoms with Crippen LogP contribution in [0, 0.1) is 0 Å². The summed E-state index contributed by atoms with van der Waals surface area (Å²) in [6, 6.07) is 10.4. The molecule has 0 aliphatic carbocycles. The van der Waals surface area contributed by atoms with E-state index in [1.54, 1.807) is 12.1 Å². The number of unbranched alkanes of at least 4 members (excludes halogenated alkanes) is 8. The van der Waals surface area contributed by atoms with Crippen molar-refractivity contribution in [3.8, 4) is 17.2 Å². The van der Waals surface area contributed by atoms with Gasteiger partial charge in [0.2, 0.25) is 0 Å². The summed E-state index contributed by atoms with van der Waals surface area (Å²) < 4.78 is 36.6. The second-order valence-electron chi connectivity index (χ2n) is 7.41. The zero-order chi connectivity index (χ0) is 21.1. The smallest absolute Gasteiger partial charge is 0.870 e. The molecule has 0 fully saturated rings.